The average Bonchev–Trinajstić information content (AvgIpc) is 2.73. The number of rotatable bonds is 10. The maximum Gasteiger partial charge on any atom is 0.106 e. The van der Waals surface area contributed by atoms with Gasteiger partial charge in [-0.25, -0.2) is 0 Å². The van der Waals surface area contributed by atoms with Crippen LogP contribution in [0.2, 0.25) is 0 Å². The SMILES string of the molecule is CCCCCCCCCCCc1occc1C. The second-order valence-electron chi connectivity index (χ2n) is 5.11. The minimum Gasteiger partial charge on any atom is -0.469 e. The first kappa shape index (κ1) is 14.3. The van der Waals surface area contributed by atoms with E-state index in [1.165, 1.54) is 69.1 Å². The lowest BCUT2D eigenvalue weighted by atomic mass is 10.1. The zero-order valence-corrected chi connectivity index (χ0v) is 11.6. The Kier molecular flexibility index (Phi) is 7.87. The summed E-state index contributed by atoms with van der Waals surface area (Å²) in [7, 11) is 0. The maximum absolute atomic E-state index is 5.44. The molecule has 0 amide bonds. The van der Waals surface area contributed by atoms with Crippen molar-refractivity contribution in [2.24, 2.45) is 0 Å². The third kappa shape index (κ3) is 6.55. The Balaban J connectivity index is 1.86. The summed E-state index contributed by atoms with van der Waals surface area (Å²) in [6.07, 6.45) is 15.4. The number of hydrogen-bond donors (Lipinski definition) is 0. The molecule has 1 rings (SSSR count). The molecule has 1 heteroatoms. The average molecular weight is 236 g/mol. The molecule has 0 aromatic carbocycles. The molecule has 0 radical (unpaired) electrons. The molecule has 17 heavy (non-hydrogen) atoms. The summed E-state index contributed by atoms with van der Waals surface area (Å²) in [6.45, 7) is 4.41. The Bertz CT molecular complexity index is 275. The van der Waals surface area contributed by atoms with E-state index >= 15 is 0 Å². The Labute approximate surface area is 107 Å². The number of hydrogen-bond acceptors (Lipinski definition) is 1. The summed E-state index contributed by atoms with van der Waals surface area (Å²) in [6, 6.07) is 2.06. The van der Waals surface area contributed by atoms with Crippen molar-refractivity contribution in [3.05, 3.63) is 23.7 Å². The number of unbranched alkanes of at least 4 members (excludes halogenated alkanes) is 8. The van der Waals surface area contributed by atoms with Crippen LogP contribution in [0.25, 0.3) is 0 Å². The highest BCUT2D eigenvalue weighted by molar-refractivity contribution is 5.14. The van der Waals surface area contributed by atoms with Crippen LogP contribution in [-0.2, 0) is 6.42 Å². The first-order valence-corrected chi connectivity index (χ1v) is 7.37. The van der Waals surface area contributed by atoms with Gasteiger partial charge < -0.3 is 4.42 Å². The molecule has 1 nitrogen and oxygen atoms in total. The lowest BCUT2D eigenvalue weighted by Crippen LogP contribution is -1.86. The van der Waals surface area contributed by atoms with E-state index in [-0.39, 0.29) is 0 Å². The van der Waals surface area contributed by atoms with Crippen molar-refractivity contribution in [3.63, 3.8) is 0 Å². The van der Waals surface area contributed by atoms with E-state index in [4.69, 9.17) is 4.42 Å². The van der Waals surface area contributed by atoms with Gasteiger partial charge in [-0.3, -0.25) is 0 Å². The Hall–Kier alpha value is -0.720. The second kappa shape index (κ2) is 9.32. The smallest absolute Gasteiger partial charge is 0.106 e. The van der Waals surface area contributed by atoms with Crippen LogP contribution in [0.15, 0.2) is 16.7 Å². The van der Waals surface area contributed by atoms with Crippen molar-refractivity contribution in [2.45, 2.75) is 78.1 Å². The standard InChI is InChI=1S/C16H28O/c1-3-4-5-6-7-8-9-10-11-12-16-15(2)13-14-17-16/h13-14H,3-12H2,1-2H3. The van der Waals surface area contributed by atoms with Gasteiger partial charge in [-0.1, -0.05) is 58.3 Å². The molecule has 0 aliphatic rings. The molecule has 1 aromatic rings. The summed E-state index contributed by atoms with van der Waals surface area (Å²) in [5.74, 6) is 1.19. The fourth-order valence-corrected chi connectivity index (χ4v) is 2.26. The monoisotopic (exact) mass is 236 g/mol. The summed E-state index contributed by atoms with van der Waals surface area (Å²) in [4.78, 5) is 0. The van der Waals surface area contributed by atoms with E-state index in [2.05, 4.69) is 19.9 Å². The minimum absolute atomic E-state index is 1.12. The third-order valence-corrected chi connectivity index (χ3v) is 3.48. The fourth-order valence-electron chi connectivity index (χ4n) is 2.26. The third-order valence-electron chi connectivity index (χ3n) is 3.48. The van der Waals surface area contributed by atoms with E-state index in [9.17, 15) is 0 Å². The van der Waals surface area contributed by atoms with Crippen molar-refractivity contribution in [1.29, 1.82) is 0 Å². The van der Waals surface area contributed by atoms with Gasteiger partial charge in [0.1, 0.15) is 5.76 Å². The largest absolute Gasteiger partial charge is 0.469 e. The maximum atomic E-state index is 5.44. The van der Waals surface area contributed by atoms with Gasteiger partial charge in [-0.05, 0) is 25.0 Å². The van der Waals surface area contributed by atoms with Gasteiger partial charge in [-0.2, -0.15) is 0 Å². The summed E-state index contributed by atoms with van der Waals surface area (Å²) in [5, 5.41) is 0. The zero-order chi connectivity index (χ0) is 12.3. The van der Waals surface area contributed by atoms with Crippen molar-refractivity contribution in [1.82, 2.24) is 0 Å². The van der Waals surface area contributed by atoms with E-state index < -0.39 is 0 Å². The van der Waals surface area contributed by atoms with E-state index in [1.54, 1.807) is 6.26 Å². The van der Waals surface area contributed by atoms with E-state index in [0.29, 0.717) is 0 Å². The van der Waals surface area contributed by atoms with Crippen LogP contribution in [0.1, 0.15) is 76.0 Å². The van der Waals surface area contributed by atoms with Crippen LogP contribution < -0.4 is 0 Å². The van der Waals surface area contributed by atoms with Crippen molar-refractivity contribution in [3.8, 4) is 0 Å². The van der Waals surface area contributed by atoms with Crippen molar-refractivity contribution in [2.75, 3.05) is 0 Å². The molecule has 0 saturated heterocycles. The predicted molar refractivity (Wildman–Crippen MR) is 74.4 cm³/mol. The number of aryl methyl sites for hydroxylation is 2. The molecule has 98 valence electrons. The quantitative estimate of drug-likeness (QED) is 0.478. The molecular weight excluding hydrogens is 208 g/mol. The van der Waals surface area contributed by atoms with E-state index in [1.807, 2.05) is 0 Å². The topological polar surface area (TPSA) is 13.1 Å². The number of furan rings is 1. The lowest BCUT2D eigenvalue weighted by molar-refractivity contribution is 0.487. The van der Waals surface area contributed by atoms with Crippen LogP contribution in [-0.4, -0.2) is 0 Å². The highest BCUT2D eigenvalue weighted by atomic mass is 16.3. The van der Waals surface area contributed by atoms with Gasteiger partial charge in [0.15, 0.2) is 0 Å². The molecule has 0 aliphatic heterocycles. The van der Waals surface area contributed by atoms with Crippen LogP contribution in [0.4, 0.5) is 0 Å². The molecule has 1 heterocycles. The minimum atomic E-state index is 1.12. The first-order chi connectivity index (χ1) is 8.34. The Morgan fingerprint density at radius 3 is 2.00 bits per heavy atom. The molecule has 0 N–H and O–H groups in total. The van der Waals surface area contributed by atoms with Crippen LogP contribution in [0.3, 0.4) is 0 Å². The molecule has 0 spiro atoms. The highest BCUT2D eigenvalue weighted by Crippen LogP contribution is 2.14. The zero-order valence-electron chi connectivity index (χ0n) is 11.6. The van der Waals surface area contributed by atoms with Gasteiger partial charge in [0.25, 0.3) is 0 Å². The van der Waals surface area contributed by atoms with Crippen molar-refractivity contribution >= 4 is 0 Å². The first-order valence-electron chi connectivity index (χ1n) is 7.37. The summed E-state index contributed by atoms with van der Waals surface area (Å²) >= 11 is 0. The van der Waals surface area contributed by atoms with Crippen LogP contribution in [0.5, 0.6) is 0 Å². The van der Waals surface area contributed by atoms with E-state index in [0.717, 1.165) is 6.42 Å². The molecule has 0 bridgehead atoms. The highest BCUT2D eigenvalue weighted by Gasteiger charge is 2.00. The Morgan fingerprint density at radius 2 is 1.47 bits per heavy atom. The summed E-state index contributed by atoms with van der Waals surface area (Å²) in [5.41, 5.74) is 1.31. The normalized spacial score (nSPS) is 10.9. The van der Waals surface area contributed by atoms with Gasteiger partial charge in [0, 0.05) is 6.42 Å². The second-order valence-corrected chi connectivity index (χ2v) is 5.11. The molecule has 0 saturated carbocycles. The van der Waals surface area contributed by atoms with Crippen LogP contribution in [0, 0.1) is 6.92 Å². The van der Waals surface area contributed by atoms with Gasteiger partial charge >= 0.3 is 0 Å². The van der Waals surface area contributed by atoms with Crippen molar-refractivity contribution < 1.29 is 4.42 Å². The van der Waals surface area contributed by atoms with Crippen LogP contribution >= 0.6 is 0 Å². The van der Waals surface area contributed by atoms with Gasteiger partial charge in [0.2, 0.25) is 0 Å². The molecule has 1 aromatic heterocycles. The molecule has 0 atom stereocenters. The molecular formula is C16H28O. The predicted octanol–water partition coefficient (Wildman–Crippen LogP) is 5.66. The fraction of sp³-hybridized carbons (Fsp3) is 0.750. The molecule has 0 fully saturated rings. The summed E-state index contributed by atoms with van der Waals surface area (Å²) < 4.78 is 5.44. The molecule has 0 unspecified atom stereocenters. The van der Waals surface area contributed by atoms with Gasteiger partial charge in [-0.15, -0.1) is 0 Å². The molecule has 0 aliphatic carbocycles. The van der Waals surface area contributed by atoms with Gasteiger partial charge in [0.05, 0.1) is 6.26 Å². The Morgan fingerprint density at radius 1 is 0.882 bits per heavy atom. The lowest BCUT2D eigenvalue weighted by Gasteiger charge is -2.01.